The number of carbonyl (C=O) groups is 2. The molecule has 3 aliphatic rings. The zero-order chi connectivity index (χ0) is 19.7. The van der Waals surface area contributed by atoms with Crippen LogP contribution in [-0.2, 0) is 14.8 Å². The van der Waals surface area contributed by atoms with E-state index in [0.29, 0.717) is 63.0 Å². The van der Waals surface area contributed by atoms with E-state index in [4.69, 9.17) is 0 Å². The average Bonchev–Trinajstić information content (AvgIpc) is 3.42. The highest BCUT2D eigenvalue weighted by atomic mass is 32.2. The SMILES string of the molecule is O=C(CN1CCN(C(=O)c2ccc(N3CCCS3(=O)=O)cc2)CC1)NC1CC1. The Balaban J connectivity index is 1.30. The topological polar surface area (TPSA) is 90.0 Å². The lowest BCUT2D eigenvalue weighted by Crippen LogP contribution is -2.51. The molecule has 28 heavy (non-hydrogen) atoms. The largest absolute Gasteiger partial charge is 0.352 e. The van der Waals surface area contributed by atoms with Gasteiger partial charge in [0.05, 0.1) is 18.0 Å². The molecule has 9 heteroatoms. The van der Waals surface area contributed by atoms with Crippen LogP contribution in [0.2, 0.25) is 0 Å². The van der Waals surface area contributed by atoms with Gasteiger partial charge in [0.25, 0.3) is 5.91 Å². The number of rotatable bonds is 5. The molecule has 2 aliphatic heterocycles. The Hall–Kier alpha value is -2.13. The van der Waals surface area contributed by atoms with E-state index in [2.05, 4.69) is 10.2 Å². The smallest absolute Gasteiger partial charge is 0.253 e. The van der Waals surface area contributed by atoms with E-state index in [1.807, 2.05) is 0 Å². The number of hydrogen-bond donors (Lipinski definition) is 1. The minimum Gasteiger partial charge on any atom is -0.352 e. The van der Waals surface area contributed by atoms with Gasteiger partial charge in [0.1, 0.15) is 0 Å². The van der Waals surface area contributed by atoms with Crippen LogP contribution in [0, 0.1) is 0 Å². The van der Waals surface area contributed by atoms with Gasteiger partial charge in [0.15, 0.2) is 0 Å². The average molecular weight is 407 g/mol. The Morgan fingerprint density at radius 2 is 1.68 bits per heavy atom. The van der Waals surface area contributed by atoms with Crippen LogP contribution in [0.4, 0.5) is 5.69 Å². The molecule has 152 valence electrons. The molecular formula is C19H26N4O4S. The van der Waals surface area contributed by atoms with Gasteiger partial charge in [-0.3, -0.25) is 18.8 Å². The van der Waals surface area contributed by atoms with Crippen LogP contribution in [0.5, 0.6) is 0 Å². The monoisotopic (exact) mass is 406 g/mol. The highest BCUT2D eigenvalue weighted by Crippen LogP contribution is 2.24. The Bertz CT molecular complexity index is 843. The number of sulfonamides is 1. The van der Waals surface area contributed by atoms with E-state index in [-0.39, 0.29) is 17.6 Å². The summed E-state index contributed by atoms with van der Waals surface area (Å²) in [5, 5.41) is 2.99. The van der Waals surface area contributed by atoms with Crippen LogP contribution >= 0.6 is 0 Å². The highest BCUT2D eigenvalue weighted by Gasteiger charge is 2.29. The summed E-state index contributed by atoms with van der Waals surface area (Å²) in [5.41, 5.74) is 1.17. The van der Waals surface area contributed by atoms with Crippen molar-refractivity contribution in [1.29, 1.82) is 0 Å². The molecule has 1 aromatic carbocycles. The minimum atomic E-state index is -3.21. The zero-order valence-electron chi connectivity index (χ0n) is 15.8. The third-order valence-electron chi connectivity index (χ3n) is 5.47. The number of nitrogens with zero attached hydrogens (tertiary/aromatic N) is 3. The fraction of sp³-hybridized carbons (Fsp3) is 0.579. The molecular weight excluding hydrogens is 380 g/mol. The number of benzene rings is 1. The first kappa shape index (κ1) is 19.2. The second-order valence-electron chi connectivity index (χ2n) is 7.70. The molecule has 0 aromatic heterocycles. The summed E-state index contributed by atoms with van der Waals surface area (Å²) >= 11 is 0. The molecule has 1 aromatic rings. The Morgan fingerprint density at radius 1 is 1.00 bits per heavy atom. The minimum absolute atomic E-state index is 0.0575. The van der Waals surface area contributed by atoms with Gasteiger partial charge in [-0.05, 0) is 43.5 Å². The van der Waals surface area contributed by atoms with Crippen LogP contribution < -0.4 is 9.62 Å². The molecule has 3 fully saturated rings. The van der Waals surface area contributed by atoms with Gasteiger partial charge in [0, 0.05) is 44.3 Å². The molecule has 0 bridgehead atoms. The molecule has 0 unspecified atom stereocenters. The molecule has 2 heterocycles. The van der Waals surface area contributed by atoms with E-state index < -0.39 is 10.0 Å². The molecule has 0 radical (unpaired) electrons. The van der Waals surface area contributed by atoms with Crippen LogP contribution in [0.15, 0.2) is 24.3 Å². The molecule has 1 N–H and O–H groups in total. The third-order valence-corrected chi connectivity index (χ3v) is 7.34. The second kappa shape index (κ2) is 7.71. The van der Waals surface area contributed by atoms with E-state index >= 15 is 0 Å². The normalized spacial score (nSPS) is 22.3. The van der Waals surface area contributed by atoms with Gasteiger partial charge >= 0.3 is 0 Å². The Labute approximate surface area is 165 Å². The summed E-state index contributed by atoms with van der Waals surface area (Å²) in [7, 11) is -3.21. The number of amides is 2. The molecule has 0 spiro atoms. The number of anilines is 1. The van der Waals surface area contributed by atoms with Gasteiger partial charge in [-0.2, -0.15) is 0 Å². The standard InChI is InChI=1S/C19H26N4O4S/c24-18(20-16-4-5-16)14-21-9-11-22(12-10-21)19(25)15-2-6-17(7-3-15)23-8-1-13-28(23,26)27/h2-3,6-7,16H,1,4-5,8-14H2,(H,20,24). The first-order valence-corrected chi connectivity index (χ1v) is 11.4. The van der Waals surface area contributed by atoms with Gasteiger partial charge < -0.3 is 10.2 Å². The predicted molar refractivity (Wildman–Crippen MR) is 106 cm³/mol. The van der Waals surface area contributed by atoms with E-state index in [0.717, 1.165) is 12.8 Å². The molecule has 8 nitrogen and oxygen atoms in total. The Kier molecular flexibility index (Phi) is 5.29. The number of hydrogen-bond acceptors (Lipinski definition) is 5. The lowest BCUT2D eigenvalue weighted by atomic mass is 10.1. The quantitative estimate of drug-likeness (QED) is 0.758. The number of carbonyl (C=O) groups excluding carboxylic acids is 2. The third kappa shape index (κ3) is 4.30. The second-order valence-corrected chi connectivity index (χ2v) is 9.71. The lowest BCUT2D eigenvalue weighted by molar-refractivity contribution is -0.122. The van der Waals surface area contributed by atoms with Gasteiger partial charge in [-0.15, -0.1) is 0 Å². The van der Waals surface area contributed by atoms with Gasteiger partial charge in [-0.1, -0.05) is 0 Å². The summed E-state index contributed by atoms with van der Waals surface area (Å²) in [6.45, 7) is 3.39. The van der Waals surface area contributed by atoms with E-state index in [1.165, 1.54) is 4.31 Å². The predicted octanol–water partition coefficient (Wildman–Crippen LogP) is 0.263. The van der Waals surface area contributed by atoms with Crippen molar-refractivity contribution < 1.29 is 18.0 Å². The highest BCUT2D eigenvalue weighted by molar-refractivity contribution is 7.93. The van der Waals surface area contributed by atoms with E-state index in [1.54, 1.807) is 29.2 Å². The summed E-state index contributed by atoms with van der Waals surface area (Å²) in [5.74, 6) is 0.184. The fourth-order valence-electron chi connectivity index (χ4n) is 3.70. The summed E-state index contributed by atoms with van der Waals surface area (Å²) in [6.07, 6.45) is 2.79. The van der Waals surface area contributed by atoms with E-state index in [9.17, 15) is 18.0 Å². The van der Waals surface area contributed by atoms with Gasteiger partial charge in [-0.25, -0.2) is 8.42 Å². The van der Waals surface area contributed by atoms with Crippen LogP contribution in [0.25, 0.3) is 0 Å². The van der Waals surface area contributed by atoms with Crippen molar-refractivity contribution >= 4 is 27.5 Å². The summed E-state index contributed by atoms with van der Waals surface area (Å²) < 4.78 is 25.4. The maximum Gasteiger partial charge on any atom is 0.253 e. The first-order chi connectivity index (χ1) is 13.4. The molecule has 1 saturated carbocycles. The van der Waals surface area contributed by atoms with Crippen LogP contribution in [0.1, 0.15) is 29.6 Å². The maximum atomic E-state index is 12.7. The first-order valence-electron chi connectivity index (χ1n) is 9.84. The number of piperazine rings is 1. The summed E-state index contributed by atoms with van der Waals surface area (Å²) in [6, 6.07) is 7.17. The van der Waals surface area contributed by atoms with Crippen molar-refractivity contribution in [3.8, 4) is 0 Å². The zero-order valence-corrected chi connectivity index (χ0v) is 16.7. The molecule has 2 amide bonds. The molecule has 4 rings (SSSR count). The van der Waals surface area contributed by atoms with Crippen LogP contribution in [0.3, 0.4) is 0 Å². The van der Waals surface area contributed by atoms with Crippen molar-refractivity contribution in [2.24, 2.45) is 0 Å². The van der Waals surface area contributed by atoms with Crippen molar-refractivity contribution in [1.82, 2.24) is 15.1 Å². The molecule has 1 aliphatic carbocycles. The van der Waals surface area contributed by atoms with Crippen LogP contribution in [-0.4, -0.2) is 81.1 Å². The van der Waals surface area contributed by atoms with Crippen molar-refractivity contribution in [3.63, 3.8) is 0 Å². The van der Waals surface area contributed by atoms with Crippen molar-refractivity contribution in [2.75, 3.05) is 49.3 Å². The lowest BCUT2D eigenvalue weighted by Gasteiger charge is -2.34. The molecule has 0 atom stereocenters. The van der Waals surface area contributed by atoms with Crippen molar-refractivity contribution in [3.05, 3.63) is 29.8 Å². The fourth-order valence-corrected chi connectivity index (χ4v) is 5.26. The molecule has 2 saturated heterocycles. The maximum absolute atomic E-state index is 12.7. The van der Waals surface area contributed by atoms with Gasteiger partial charge in [0.2, 0.25) is 15.9 Å². The summed E-state index contributed by atoms with van der Waals surface area (Å²) in [4.78, 5) is 28.5. The van der Waals surface area contributed by atoms with Crippen molar-refractivity contribution in [2.45, 2.75) is 25.3 Å². The number of nitrogens with one attached hydrogen (secondary N) is 1. The Morgan fingerprint density at radius 3 is 2.25 bits per heavy atom.